The molecule has 9 nitrogen and oxygen atoms in total. The Morgan fingerprint density at radius 2 is 2.04 bits per heavy atom. The lowest BCUT2D eigenvalue weighted by Gasteiger charge is -2.48. The molecular weight excluding hydrogens is 619 g/mol. The highest BCUT2D eigenvalue weighted by molar-refractivity contribution is 7.20. The molecule has 2 atom stereocenters. The first-order valence-corrected chi connectivity index (χ1v) is 16.6. The maximum Gasteiger partial charge on any atom is 0.348 e. The van der Waals surface area contributed by atoms with E-state index < -0.39 is 11.6 Å². The van der Waals surface area contributed by atoms with Gasteiger partial charge in [0.2, 0.25) is 0 Å². The van der Waals surface area contributed by atoms with E-state index in [0.29, 0.717) is 33.6 Å². The number of hydrogen-bond donors (Lipinski definition) is 0. The number of carbonyl (C=O) groups excluding carboxylic acids is 1. The van der Waals surface area contributed by atoms with Crippen LogP contribution in [0.15, 0.2) is 42.5 Å². The number of nitrogens with zero attached hydrogens (tertiary/aromatic N) is 4. The number of ether oxygens (including phenoxy) is 4. The Kier molecular flexibility index (Phi) is 7.01. The van der Waals surface area contributed by atoms with Gasteiger partial charge in [-0.1, -0.05) is 17.7 Å². The predicted molar refractivity (Wildman–Crippen MR) is 169 cm³/mol. The van der Waals surface area contributed by atoms with Crippen molar-refractivity contribution in [1.29, 1.82) is 0 Å². The van der Waals surface area contributed by atoms with Gasteiger partial charge in [-0.15, -0.1) is 11.3 Å². The second kappa shape index (κ2) is 10.9. The van der Waals surface area contributed by atoms with Crippen LogP contribution in [-0.4, -0.2) is 65.9 Å². The zero-order valence-corrected chi connectivity index (χ0v) is 26.8. The van der Waals surface area contributed by atoms with Gasteiger partial charge in [-0.2, -0.15) is 0 Å². The van der Waals surface area contributed by atoms with E-state index in [2.05, 4.69) is 20.4 Å². The number of aromatic nitrogens is 2. The van der Waals surface area contributed by atoms with Crippen molar-refractivity contribution < 1.29 is 28.1 Å². The Morgan fingerprint density at radius 1 is 1.20 bits per heavy atom. The average Bonchev–Trinajstić information content (AvgIpc) is 3.72. The van der Waals surface area contributed by atoms with Gasteiger partial charge in [-0.25, -0.2) is 14.2 Å². The molecule has 4 aliphatic rings. The molecule has 3 saturated heterocycles. The van der Waals surface area contributed by atoms with E-state index >= 15 is 0 Å². The molecule has 1 spiro atoms. The molecule has 1 unspecified atom stereocenters. The van der Waals surface area contributed by atoms with Crippen LogP contribution in [0.1, 0.15) is 47.7 Å². The summed E-state index contributed by atoms with van der Waals surface area (Å²) in [5.74, 6) is 0.210. The fourth-order valence-corrected chi connectivity index (χ4v) is 8.27. The maximum atomic E-state index is 14.9. The third-order valence-corrected chi connectivity index (χ3v) is 10.7. The highest BCUT2D eigenvalue weighted by Crippen LogP contribution is 2.52. The van der Waals surface area contributed by atoms with E-state index in [9.17, 15) is 9.18 Å². The van der Waals surface area contributed by atoms with Gasteiger partial charge in [0, 0.05) is 50.1 Å². The standard InChI is InChI=1S/C33H34ClFN4O5S/c1-3-41-31(40)27-14-25-30(45-27)36-28(39(25)15-21-9-12-42-21)16-37-17-33(18-37)10-11-38(19-33)24-5-4-6-26-29(24)44-32(2,43-26)22-8-7-20(34)13-23(22)35/h4-8,13-14,21H,3,9-12,15-19H2,1-2H3/t21-,32?/m0/s1. The molecule has 2 aromatic heterocycles. The SMILES string of the molecule is CCOC(=O)c1cc2c(nc(CN3CC4(CCN(c5cccc6c5OC(C)(c5ccc(Cl)cc5F)O6)C4)C3)n2C[C@@H]2CCO2)s1. The topological polar surface area (TPSA) is 78.3 Å². The van der Waals surface area contributed by atoms with Crippen molar-refractivity contribution in [2.75, 3.05) is 44.3 Å². The van der Waals surface area contributed by atoms with Gasteiger partial charge >= 0.3 is 5.97 Å². The smallest absolute Gasteiger partial charge is 0.348 e. The molecule has 0 N–H and O–H groups in total. The lowest BCUT2D eigenvalue weighted by atomic mass is 9.79. The molecule has 6 heterocycles. The van der Waals surface area contributed by atoms with Crippen LogP contribution in [-0.2, 0) is 28.4 Å². The van der Waals surface area contributed by atoms with E-state index in [1.807, 2.05) is 25.1 Å². The molecule has 45 heavy (non-hydrogen) atoms. The zero-order chi connectivity index (χ0) is 30.9. The van der Waals surface area contributed by atoms with E-state index in [0.717, 1.165) is 80.6 Å². The van der Waals surface area contributed by atoms with Gasteiger partial charge in [0.1, 0.15) is 21.3 Å². The first-order chi connectivity index (χ1) is 21.7. The molecule has 4 aromatic rings. The van der Waals surface area contributed by atoms with Gasteiger partial charge in [-0.3, -0.25) is 4.90 Å². The summed E-state index contributed by atoms with van der Waals surface area (Å²) in [4.78, 5) is 23.6. The van der Waals surface area contributed by atoms with Crippen molar-refractivity contribution in [1.82, 2.24) is 14.5 Å². The number of benzene rings is 2. The van der Waals surface area contributed by atoms with Crippen LogP contribution in [0.2, 0.25) is 5.02 Å². The third kappa shape index (κ3) is 5.04. The van der Waals surface area contributed by atoms with Crippen molar-refractivity contribution in [3.05, 3.63) is 69.6 Å². The van der Waals surface area contributed by atoms with Crippen molar-refractivity contribution in [3.63, 3.8) is 0 Å². The van der Waals surface area contributed by atoms with E-state index in [4.69, 9.17) is 35.5 Å². The van der Waals surface area contributed by atoms with Crippen molar-refractivity contribution >= 4 is 44.9 Å². The van der Waals surface area contributed by atoms with Crippen LogP contribution in [0, 0.1) is 11.2 Å². The van der Waals surface area contributed by atoms with Crippen molar-refractivity contribution in [2.24, 2.45) is 5.41 Å². The molecule has 0 bridgehead atoms. The van der Waals surface area contributed by atoms with Crippen molar-refractivity contribution in [3.8, 4) is 11.5 Å². The Hall–Kier alpha value is -3.38. The molecule has 236 valence electrons. The number of anilines is 1. The van der Waals surface area contributed by atoms with Gasteiger partial charge < -0.3 is 28.4 Å². The molecular formula is C33H34ClFN4O5S. The lowest BCUT2D eigenvalue weighted by Crippen LogP contribution is -2.57. The quantitative estimate of drug-likeness (QED) is 0.208. The molecule has 2 aromatic carbocycles. The van der Waals surface area contributed by atoms with Crippen LogP contribution in [0.3, 0.4) is 0 Å². The largest absolute Gasteiger partial charge is 0.462 e. The first kappa shape index (κ1) is 29.1. The number of rotatable bonds is 8. The fourth-order valence-electron chi connectivity index (χ4n) is 7.16. The summed E-state index contributed by atoms with van der Waals surface area (Å²) < 4.78 is 40.6. The second-order valence-corrected chi connectivity index (χ2v) is 14.1. The number of halogens is 2. The summed E-state index contributed by atoms with van der Waals surface area (Å²) in [5, 5.41) is 0.326. The number of imidazole rings is 1. The predicted octanol–water partition coefficient (Wildman–Crippen LogP) is 6.21. The molecule has 3 fully saturated rings. The summed E-state index contributed by atoms with van der Waals surface area (Å²) in [6.45, 7) is 9.91. The minimum Gasteiger partial charge on any atom is -0.462 e. The Balaban J connectivity index is 0.963. The number of likely N-dealkylation sites (tertiary alicyclic amines) is 1. The maximum absolute atomic E-state index is 14.9. The van der Waals surface area contributed by atoms with E-state index in [1.54, 1.807) is 19.1 Å². The zero-order valence-electron chi connectivity index (χ0n) is 25.2. The van der Waals surface area contributed by atoms with Crippen LogP contribution in [0.5, 0.6) is 11.5 Å². The fraction of sp³-hybridized carbons (Fsp3) is 0.455. The minimum atomic E-state index is -1.28. The number of thiophene rings is 1. The third-order valence-electron chi connectivity index (χ3n) is 9.42. The molecule has 8 rings (SSSR count). The number of para-hydroxylation sites is 1. The summed E-state index contributed by atoms with van der Waals surface area (Å²) >= 11 is 7.38. The normalized spacial score (nSPS) is 23.5. The summed E-state index contributed by atoms with van der Waals surface area (Å²) in [6.07, 6.45) is 2.28. The molecule has 0 aliphatic carbocycles. The monoisotopic (exact) mass is 652 g/mol. The van der Waals surface area contributed by atoms with Gasteiger partial charge in [0.05, 0.1) is 42.6 Å². The van der Waals surface area contributed by atoms with E-state index in [1.165, 1.54) is 17.4 Å². The summed E-state index contributed by atoms with van der Waals surface area (Å²) in [5.41, 5.74) is 2.42. The van der Waals surface area contributed by atoms with Crippen LogP contribution < -0.4 is 14.4 Å². The number of carbonyl (C=O) groups is 1. The molecule has 0 amide bonds. The van der Waals surface area contributed by atoms with Crippen LogP contribution >= 0.6 is 22.9 Å². The molecule has 0 radical (unpaired) electrons. The van der Waals surface area contributed by atoms with Gasteiger partial charge in [0.15, 0.2) is 11.5 Å². The molecule has 4 aliphatic heterocycles. The van der Waals surface area contributed by atoms with Crippen LogP contribution in [0.4, 0.5) is 10.1 Å². The van der Waals surface area contributed by atoms with Crippen molar-refractivity contribution in [2.45, 2.75) is 51.7 Å². The summed E-state index contributed by atoms with van der Waals surface area (Å²) in [6, 6.07) is 12.3. The van der Waals surface area contributed by atoms with E-state index in [-0.39, 0.29) is 17.5 Å². The highest BCUT2D eigenvalue weighted by Gasteiger charge is 2.49. The first-order valence-electron chi connectivity index (χ1n) is 15.4. The average molecular weight is 653 g/mol. The van der Waals surface area contributed by atoms with Gasteiger partial charge in [0.25, 0.3) is 5.79 Å². The summed E-state index contributed by atoms with van der Waals surface area (Å²) in [7, 11) is 0. The minimum absolute atomic E-state index is 0.176. The Morgan fingerprint density at radius 3 is 2.80 bits per heavy atom. The number of hydrogen-bond acceptors (Lipinski definition) is 9. The lowest BCUT2D eigenvalue weighted by molar-refractivity contribution is -0.0705. The molecule has 0 saturated carbocycles. The Bertz CT molecular complexity index is 1800. The molecule has 12 heteroatoms. The van der Waals surface area contributed by atoms with Gasteiger partial charge in [-0.05, 0) is 56.2 Å². The second-order valence-electron chi connectivity index (χ2n) is 12.6. The number of fused-ring (bicyclic) bond motifs is 2. The number of esters is 1. The highest BCUT2D eigenvalue weighted by atomic mass is 35.5. The van der Waals surface area contributed by atoms with Crippen LogP contribution in [0.25, 0.3) is 10.3 Å². The Labute approximate surface area is 269 Å².